The summed E-state index contributed by atoms with van der Waals surface area (Å²) in [6.45, 7) is 7.45. The monoisotopic (exact) mass is 128 g/mol. The Hall–Kier alpha value is -0.0400. The van der Waals surface area contributed by atoms with E-state index in [0.29, 0.717) is 0 Å². The molecule has 9 heavy (non-hydrogen) atoms. The molecule has 54 valence electrons. The predicted octanol–water partition coefficient (Wildman–Crippen LogP) is 1.64. The molecule has 1 rings (SSSR count). The molecule has 1 fully saturated rings. The Bertz CT molecular complexity index is 90.7. The highest BCUT2D eigenvalue weighted by molar-refractivity contribution is 4.54. The molecule has 0 aromatic heterocycles. The van der Waals surface area contributed by atoms with Crippen LogP contribution < -0.4 is 0 Å². The fourth-order valence-electron chi connectivity index (χ4n) is 1.57. The molecule has 0 aromatic rings. The van der Waals surface area contributed by atoms with Crippen LogP contribution in [0.25, 0.3) is 0 Å². The van der Waals surface area contributed by atoms with Gasteiger partial charge < -0.3 is 4.48 Å². The summed E-state index contributed by atoms with van der Waals surface area (Å²) in [6.07, 6.45) is 2.88. The summed E-state index contributed by atoms with van der Waals surface area (Å²) in [5.74, 6) is 0. The summed E-state index contributed by atoms with van der Waals surface area (Å²) < 4.78 is 1.31. The first-order valence-corrected chi connectivity index (χ1v) is 3.99. The Morgan fingerprint density at radius 3 is 1.78 bits per heavy atom. The molecule has 0 radical (unpaired) electrons. The summed E-state index contributed by atoms with van der Waals surface area (Å²) in [5.41, 5.74) is 0. The molecule has 0 saturated carbocycles. The van der Waals surface area contributed by atoms with Crippen LogP contribution in [0.3, 0.4) is 0 Å². The van der Waals surface area contributed by atoms with E-state index in [1.165, 1.54) is 30.4 Å². The molecule has 1 nitrogen and oxygen atoms in total. The largest absolute Gasteiger partial charge is 0.324 e. The zero-order chi connectivity index (χ0) is 6.91. The van der Waals surface area contributed by atoms with E-state index in [1.807, 2.05) is 0 Å². The second-order valence-corrected chi connectivity index (χ2v) is 3.73. The second kappa shape index (κ2) is 2.30. The van der Waals surface area contributed by atoms with Crippen molar-refractivity contribution in [3.63, 3.8) is 0 Å². The number of likely N-dealkylation sites (tertiary alicyclic amines) is 1. The van der Waals surface area contributed by atoms with Crippen molar-refractivity contribution in [3.05, 3.63) is 0 Å². The van der Waals surface area contributed by atoms with E-state index in [2.05, 4.69) is 20.9 Å². The third kappa shape index (κ3) is 1.26. The lowest BCUT2D eigenvalue weighted by molar-refractivity contribution is -0.918. The van der Waals surface area contributed by atoms with E-state index in [0.717, 1.165) is 6.04 Å². The first-order valence-electron chi connectivity index (χ1n) is 3.99. The van der Waals surface area contributed by atoms with Crippen molar-refractivity contribution in [2.75, 3.05) is 20.1 Å². The minimum absolute atomic E-state index is 0.826. The van der Waals surface area contributed by atoms with E-state index in [9.17, 15) is 0 Å². The lowest BCUT2D eigenvalue weighted by Gasteiger charge is -2.33. The Labute approximate surface area is 58.3 Å². The minimum atomic E-state index is 0.826. The van der Waals surface area contributed by atoms with Gasteiger partial charge >= 0.3 is 0 Å². The van der Waals surface area contributed by atoms with Crippen LogP contribution in [0.4, 0.5) is 0 Å². The average Bonchev–Trinajstić information content (AvgIpc) is 2.16. The maximum absolute atomic E-state index is 2.37. The zero-order valence-corrected chi connectivity index (χ0v) is 6.85. The van der Waals surface area contributed by atoms with Gasteiger partial charge in [0, 0.05) is 12.8 Å². The predicted molar refractivity (Wildman–Crippen MR) is 40.3 cm³/mol. The van der Waals surface area contributed by atoms with Crippen LogP contribution >= 0.6 is 0 Å². The van der Waals surface area contributed by atoms with Gasteiger partial charge in [-0.05, 0) is 13.8 Å². The lowest BCUT2D eigenvalue weighted by atomic mass is 10.3. The van der Waals surface area contributed by atoms with Gasteiger partial charge in [-0.3, -0.25) is 0 Å². The van der Waals surface area contributed by atoms with Gasteiger partial charge in [0.2, 0.25) is 0 Å². The van der Waals surface area contributed by atoms with Crippen LogP contribution in [-0.4, -0.2) is 30.7 Å². The lowest BCUT2D eigenvalue weighted by Crippen LogP contribution is -2.46. The van der Waals surface area contributed by atoms with Crippen molar-refractivity contribution < 1.29 is 4.48 Å². The third-order valence-corrected chi connectivity index (χ3v) is 2.83. The van der Waals surface area contributed by atoms with Gasteiger partial charge in [0.1, 0.15) is 0 Å². The Balaban J connectivity index is 2.51. The molecule has 1 saturated heterocycles. The molecule has 0 bridgehead atoms. The van der Waals surface area contributed by atoms with Gasteiger partial charge in [-0.15, -0.1) is 0 Å². The van der Waals surface area contributed by atoms with Gasteiger partial charge in [-0.1, -0.05) is 0 Å². The quantitative estimate of drug-likeness (QED) is 0.471. The normalized spacial score (nSPS) is 25.3. The number of hydrogen-bond acceptors (Lipinski definition) is 0. The standard InChI is InChI=1S/C8H18N/c1-8(2)9(3)6-4-5-7-9/h8H,4-7H2,1-3H3/q+1. The molecule has 0 amide bonds. The Morgan fingerprint density at radius 1 is 1.11 bits per heavy atom. The first-order chi connectivity index (χ1) is 4.15. The zero-order valence-electron chi connectivity index (χ0n) is 6.85. The highest BCUT2D eigenvalue weighted by Crippen LogP contribution is 2.19. The molecule has 1 aliphatic rings. The molecule has 1 aliphatic heterocycles. The Kier molecular flexibility index (Phi) is 1.80. The summed E-state index contributed by atoms with van der Waals surface area (Å²) in [6, 6.07) is 0.826. The number of rotatable bonds is 1. The van der Waals surface area contributed by atoms with E-state index in [4.69, 9.17) is 0 Å². The number of nitrogens with zero attached hydrogens (tertiary/aromatic N) is 1. The van der Waals surface area contributed by atoms with Crippen LogP contribution in [0.5, 0.6) is 0 Å². The van der Waals surface area contributed by atoms with Crippen molar-refractivity contribution in [1.29, 1.82) is 0 Å². The molecule has 0 atom stereocenters. The fourth-order valence-corrected chi connectivity index (χ4v) is 1.57. The molecule has 1 heterocycles. The highest BCUT2D eigenvalue weighted by atomic mass is 15.4. The van der Waals surface area contributed by atoms with E-state index in [-0.39, 0.29) is 0 Å². The molecule has 0 aromatic carbocycles. The van der Waals surface area contributed by atoms with Gasteiger partial charge in [0.25, 0.3) is 0 Å². The van der Waals surface area contributed by atoms with Crippen LogP contribution in [0.15, 0.2) is 0 Å². The number of quaternary nitrogens is 1. The van der Waals surface area contributed by atoms with Gasteiger partial charge in [0.05, 0.1) is 26.2 Å². The molecule has 0 N–H and O–H groups in total. The second-order valence-electron chi connectivity index (χ2n) is 3.73. The maximum Gasteiger partial charge on any atom is 0.0831 e. The van der Waals surface area contributed by atoms with Crippen molar-refractivity contribution in [2.24, 2.45) is 0 Å². The third-order valence-electron chi connectivity index (χ3n) is 2.83. The fraction of sp³-hybridized carbons (Fsp3) is 1.00. The molecule has 1 heteroatoms. The Morgan fingerprint density at radius 2 is 1.56 bits per heavy atom. The van der Waals surface area contributed by atoms with Crippen LogP contribution in [0.1, 0.15) is 26.7 Å². The molecule has 0 spiro atoms. The summed E-state index contributed by atoms with van der Waals surface area (Å²) >= 11 is 0. The van der Waals surface area contributed by atoms with Crippen molar-refractivity contribution in [1.82, 2.24) is 0 Å². The van der Waals surface area contributed by atoms with Crippen LogP contribution in [0, 0.1) is 0 Å². The maximum atomic E-state index is 2.37. The average molecular weight is 128 g/mol. The summed E-state index contributed by atoms with van der Waals surface area (Å²) in [7, 11) is 2.37. The molecular formula is C8H18N+. The van der Waals surface area contributed by atoms with Crippen molar-refractivity contribution in [2.45, 2.75) is 32.7 Å². The highest BCUT2D eigenvalue weighted by Gasteiger charge is 2.29. The minimum Gasteiger partial charge on any atom is -0.324 e. The molecule has 0 aliphatic carbocycles. The van der Waals surface area contributed by atoms with Crippen molar-refractivity contribution >= 4 is 0 Å². The van der Waals surface area contributed by atoms with Crippen molar-refractivity contribution in [3.8, 4) is 0 Å². The van der Waals surface area contributed by atoms with E-state index < -0.39 is 0 Å². The van der Waals surface area contributed by atoms with Gasteiger partial charge in [-0.25, -0.2) is 0 Å². The van der Waals surface area contributed by atoms with E-state index >= 15 is 0 Å². The first kappa shape index (κ1) is 7.07. The molecular weight excluding hydrogens is 110 g/mol. The summed E-state index contributed by atoms with van der Waals surface area (Å²) in [4.78, 5) is 0. The smallest absolute Gasteiger partial charge is 0.0831 e. The van der Waals surface area contributed by atoms with Gasteiger partial charge in [0.15, 0.2) is 0 Å². The van der Waals surface area contributed by atoms with Crippen LogP contribution in [0.2, 0.25) is 0 Å². The van der Waals surface area contributed by atoms with E-state index in [1.54, 1.807) is 0 Å². The van der Waals surface area contributed by atoms with Crippen LogP contribution in [-0.2, 0) is 0 Å². The number of hydrogen-bond donors (Lipinski definition) is 0. The molecule has 0 unspecified atom stereocenters. The topological polar surface area (TPSA) is 0 Å². The van der Waals surface area contributed by atoms with Gasteiger partial charge in [-0.2, -0.15) is 0 Å². The summed E-state index contributed by atoms with van der Waals surface area (Å²) in [5, 5.41) is 0. The SMILES string of the molecule is CC(C)[N+]1(C)CCCC1.